The number of H-pyrrole nitrogens is 1. The molecule has 3 aromatic heterocycles. The van der Waals surface area contributed by atoms with Crippen LogP contribution >= 0.6 is 0 Å². The molecule has 0 bridgehead atoms. The molecule has 27 heavy (non-hydrogen) atoms. The fraction of sp³-hybridized carbons (Fsp3) is 0.250. The van der Waals surface area contributed by atoms with Crippen molar-refractivity contribution >= 4 is 17.0 Å². The van der Waals surface area contributed by atoms with Gasteiger partial charge in [0.05, 0.1) is 11.9 Å². The molecule has 0 aromatic carbocycles. The second-order valence-electron chi connectivity index (χ2n) is 5.50. The Hall–Kier alpha value is -3.37. The minimum atomic E-state index is -4.51. The third kappa shape index (κ3) is 4.07. The topological polar surface area (TPSA) is 110 Å². The van der Waals surface area contributed by atoms with Gasteiger partial charge in [-0.2, -0.15) is 13.2 Å². The number of pyridine rings is 1. The molecule has 2 N–H and O–H groups in total. The van der Waals surface area contributed by atoms with E-state index in [9.17, 15) is 22.8 Å². The zero-order valence-corrected chi connectivity index (χ0v) is 13.9. The zero-order chi connectivity index (χ0) is 19.6. The Morgan fingerprint density at radius 3 is 2.89 bits per heavy atom. The van der Waals surface area contributed by atoms with Crippen LogP contribution in [-0.4, -0.2) is 33.6 Å². The number of hydrogen-bond donors (Lipinski definition) is 2. The van der Waals surface area contributed by atoms with E-state index in [1.807, 2.05) is 0 Å². The highest BCUT2D eigenvalue weighted by molar-refractivity contribution is 6.06. The van der Waals surface area contributed by atoms with E-state index in [1.54, 1.807) is 0 Å². The third-order valence-electron chi connectivity index (χ3n) is 3.56. The molecule has 11 heteroatoms. The highest BCUT2D eigenvalue weighted by Gasteiger charge is 2.29. The van der Waals surface area contributed by atoms with E-state index in [4.69, 9.17) is 4.42 Å². The number of alkyl halides is 3. The molecule has 0 fully saturated rings. The molecule has 0 unspecified atom stereocenters. The van der Waals surface area contributed by atoms with Gasteiger partial charge in [-0.25, -0.2) is 9.97 Å². The number of rotatable bonds is 5. The van der Waals surface area contributed by atoms with Gasteiger partial charge in [0.2, 0.25) is 11.6 Å². The molecule has 0 aliphatic heterocycles. The van der Waals surface area contributed by atoms with E-state index in [-0.39, 0.29) is 40.4 Å². The number of furan rings is 1. The van der Waals surface area contributed by atoms with Gasteiger partial charge < -0.3 is 19.5 Å². The molecule has 3 rings (SSSR count). The number of aromatic nitrogens is 3. The molecular weight excluding hydrogens is 369 g/mol. The molecule has 3 aromatic rings. The molecule has 8 nitrogen and oxygen atoms in total. The number of fused-ring (bicyclic) bond motifs is 1. The molecule has 0 aliphatic rings. The Labute approximate surface area is 149 Å². The van der Waals surface area contributed by atoms with Gasteiger partial charge >= 0.3 is 6.18 Å². The second kappa shape index (κ2) is 7.09. The quantitative estimate of drug-likeness (QED) is 0.699. The largest absolute Gasteiger partial charge is 0.468 e. The number of aryl methyl sites for hydroxylation is 1. The molecule has 142 valence electrons. The van der Waals surface area contributed by atoms with Crippen LogP contribution in [0.3, 0.4) is 0 Å². The van der Waals surface area contributed by atoms with E-state index in [2.05, 4.69) is 25.0 Å². The van der Waals surface area contributed by atoms with Crippen molar-refractivity contribution in [3.05, 3.63) is 51.9 Å². The Morgan fingerprint density at radius 1 is 1.37 bits per heavy atom. The van der Waals surface area contributed by atoms with Gasteiger partial charge in [-0.15, -0.1) is 0 Å². The molecule has 0 spiro atoms. The fourth-order valence-electron chi connectivity index (χ4n) is 2.43. The first-order chi connectivity index (χ1) is 12.8. The van der Waals surface area contributed by atoms with Crippen molar-refractivity contribution < 1.29 is 27.1 Å². The van der Waals surface area contributed by atoms with Crippen LogP contribution < -0.4 is 15.6 Å². The lowest BCUT2D eigenvalue weighted by Gasteiger charge is -2.12. The predicted molar refractivity (Wildman–Crippen MR) is 86.3 cm³/mol. The maximum atomic E-state index is 12.5. The lowest BCUT2D eigenvalue weighted by Crippen LogP contribution is -2.25. The molecule has 0 aliphatic carbocycles. The number of hydrogen-bond acceptors (Lipinski definition) is 6. The Balaban J connectivity index is 1.80. The average molecular weight is 382 g/mol. The summed E-state index contributed by atoms with van der Waals surface area (Å²) in [5.74, 6) is -0.704. The number of nitrogens with zero attached hydrogens (tertiary/aromatic N) is 2. The Kier molecular flexibility index (Phi) is 4.84. The minimum Gasteiger partial charge on any atom is -0.468 e. The van der Waals surface area contributed by atoms with Gasteiger partial charge in [-0.05, 0) is 13.0 Å². The van der Waals surface area contributed by atoms with E-state index < -0.39 is 24.2 Å². The SMILES string of the molecule is Cc1oc2nc[nH]c(=O)c2c1C(=O)NCc1cccnc1OCC(F)(F)F. The summed E-state index contributed by atoms with van der Waals surface area (Å²) in [7, 11) is 0. The number of carbonyl (C=O) groups excluding carboxylic acids is 1. The van der Waals surface area contributed by atoms with Gasteiger partial charge in [0.15, 0.2) is 6.61 Å². The first kappa shape index (κ1) is 18.4. The number of amides is 1. The summed E-state index contributed by atoms with van der Waals surface area (Å²) >= 11 is 0. The van der Waals surface area contributed by atoms with Crippen molar-refractivity contribution in [1.82, 2.24) is 20.3 Å². The predicted octanol–water partition coefficient (Wildman–Crippen LogP) is 2.09. The monoisotopic (exact) mass is 382 g/mol. The van der Waals surface area contributed by atoms with E-state index in [0.717, 1.165) is 6.33 Å². The normalized spacial score (nSPS) is 11.6. The second-order valence-corrected chi connectivity index (χ2v) is 5.50. The molecule has 0 radical (unpaired) electrons. The Morgan fingerprint density at radius 2 is 2.15 bits per heavy atom. The zero-order valence-electron chi connectivity index (χ0n) is 13.9. The van der Waals surface area contributed by atoms with Crippen LogP contribution in [0.4, 0.5) is 13.2 Å². The fourth-order valence-corrected chi connectivity index (χ4v) is 2.43. The molecule has 0 saturated carbocycles. The number of halogens is 3. The van der Waals surface area contributed by atoms with E-state index in [1.165, 1.54) is 25.3 Å². The molecule has 0 atom stereocenters. The summed E-state index contributed by atoms with van der Waals surface area (Å²) in [5.41, 5.74) is -0.289. The van der Waals surface area contributed by atoms with Crippen LogP contribution in [0.5, 0.6) is 5.88 Å². The molecule has 0 saturated heterocycles. The molecule has 1 amide bonds. The minimum absolute atomic E-state index is 0.000926. The highest BCUT2D eigenvalue weighted by Crippen LogP contribution is 2.22. The lowest BCUT2D eigenvalue weighted by molar-refractivity contribution is -0.154. The highest BCUT2D eigenvalue weighted by atomic mass is 19.4. The number of aromatic amines is 1. The summed E-state index contributed by atoms with van der Waals surface area (Å²) in [4.78, 5) is 34.4. The standard InChI is InChI=1S/C16H13F3N4O4/c1-8-10(11-13(25)22-7-23-15(11)27-8)12(24)21-5-9-3-2-4-20-14(9)26-6-16(17,18)19/h2-4,7H,5-6H2,1H3,(H,21,24)(H,22,23,25). The van der Waals surface area contributed by atoms with Crippen LogP contribution in [-0.2, 0) is 6.54 Å². The van der Waals surface area contributed by atoms with Crippen LogP contribution in [0.25, 0.3) is 11.1 Å². The van der Waals surface area contributed by atoms with Gasteiger partial charge in [0, 0.05) is 18.3 Å². The summed E-state index contributed by atoms with van der Waals surface area (Å²) in [6.07, 6.45) is -2.09. The van der Waals surface area contributed by atoms with Crippen molar-refractivity contribution in [1.29, 1.82) is 0 Å². The van der Waals surface area contributed by atoms with Crippen molar-refractivity contribution in [2.24, 2.45) is 0 Å². The number of nitrogens with one attached hydrogen (secondary N) is 2. The van der Waals surface area contributed by atoms with Crippen LogP contribution in [0.15, 0.2) is 33.9 Å². The first-order valence-electron chi connectivity index (χ1n) is 7.64. The maximum absolute atomic E-state index is 12.5. The van der Waals surface area contributed by atoms with Gasteiger partial charge in [-0.3, -0.25) is 9.59 Å². The lowest BCUT2D eigenvalue weighted by atomic mass is 10.1. The summed E-state index contributed by atoms with van der Waals surface area (Å²) in [6, 6.07) is 2.96. The van der Waals surface area contributed by atoms with Gasteiger partial charge in [0.25, 0.3) is 11.5 Å². The van der Waals surface area contributed by atoms with Gasteiger partial charge in [-0.1, -0.05) is 6.07 Å². The van der Waals surface area contributed by atoms with Crippen molar-refractivity contribution in [3.8, 4) is 5.88 Å². The van der Waals surface area contributed by atoms with Crippen molar-refractivity contribution in [2.75, 3.05) is 6.61 Å². The smallest absolute Gasteiger partial charge is 0.422 e. The average Bonchev–Trinajstić information content (AvgIpc) is 2.95. The third-order valence-corrected chi connectivity index (χ3v) is 3.56. The van der Waals surface area contributed by atoms with Crippen molar-refractivity contribution in [2.45, 2.75) is 19.6 Å². The first-order valence-corrected chi connectivity index (χ1v) is 7.64. The number of ether oxygens (including phenoxy) is 1. The van der Waals surface area contributed by atoms with E-state index >= 15 is 0 Å². The van der Waals surface area contributed by atoms with Crippen molar-refractivity contribution in [3.63, 3.8) is 0 Å². The molecule has 3 heterocycles. The van der Waals surface area contributed by atoms with E-state index in [0.29, 0.717) is 0 Å². The van der Waals surface area contributed by atoms with Gasteiger partial charge in [0.1, 0.15) is 11.1 Å². The molecular formula is C16H13F3N4O4. The van der Waals surface area contributed by atoms with Crippen LogP contribution in [0.2, 0.25) is 0 Å². The van der Waals surface area contributed by atoms with Crippen LogP contribution in [0, 0.1) is 6.92 Å². The summed E-state index contributed by atoms with van der Waals surface area (Å²) in [6.45, 7) is -0.167. The number of carbonyl (C=O) groups is 1. The summed E-state index contributed by atoms with van der Waals surface area (Å²) < 4.78 is 47.0. The maximum Gasteiger partial charge on any atom is 0.422 e. The summed E-state index contributed by atoms with van der Waals surface area (Å²) in [5, 5.41) is 2.51. The Bertz CT molecular complexity index is 1040. The van der Waals surface area contributed by atoms with Crippen LogP contribution in [0.1, 0.15) is 21.7 Å².